The number of unbranched alkanes of at least 4 members (excludes halogenated alkanes) is 1. The Labute approximate surface area is 189 Å². The van der Waals surface area contributed by atoms with E-state index in [0.29, 0.717) is 17.5 Å². The SMILES string of the molecule is CCCCn1c(SCC(=O)c2c(N)n(C)c(=O)n(C)c2=O)nnc1-c1ccc(OC)cc1. The van der Waals surface area contributed by atoms with Gasteiger partial charge < -0.3 is 15.0 Å². The van der Waals surface area contributed by atoms with Crippen LogP contribution in [0.2, 0.25) is 0 Å². The number of benzene rings is 1. The van der Waals surface area contributed by atoms with Crippen molar-refractivity contribution in [1.29, 1.82) is 0 Å². The van der Waals surface area contributed by atoms with Crippen LogP contribution in [0.15, 0.2) is 39.0 Å². The summed E-state index contributed by atoms with van der Waals surface area (Å²) in [6.45, 7) is 2.77. The monoisotopic (exact) mass is 458 g/mol. The molecule has 3 rings (SSSR count). The van der Waals surface area contributed by atoms with Crippen molar-refractivity contribution in [1.82, 2.24) is 23.9 Å². The number of anilines is 1. The highest BCUT2D eigenvalue weighted by molar-refractivity contribution is 7.99. The Balaban J connectivity index is 1.89. The van der Waals surface area contributed by atoms with Crippen molar-refractivity contribution in [3.63, 3.8) is 0 Å². The number of aromatic nitrogens is 5. The van der Waals surface area contributed by atoms with E-state index in [4.69, 9.17) is 10.5 Å². The van der Waals surface area contributed by atoms with Gasteiger partial charge in [0.1, 0.15) is 17.1 Å². The normalized spacial score (nSPS) is 11.0. The Morgan fingerprint density at radius 1 is 1.12 bits per heavy atom. The lowest BCUT2D eigenvalue weighted by molar-refractivity contribution is 0.102. The molecule has 0 amide bonds. The highest BCUT2D eigenvalue weighted by atomic mass is 32.2. The second-order valence-electron chi connectivity index (χ2n) is 7.22. The second-order valence-corrected chi connectivity index (χ2v) is 8.16. The molecule has 0 fully saturated rings. The molecule has 0 spiro atoms. The second kappa shape index (κ2) is 9.86. The molecule has 0 aliphatic rings. The van der Waals surface area contributed by atoms with Crippen molar-refractivity contribution in [2.24, 2.45) is 14.1 Å². The lowest BCUT2D eigenvalue weighted by atomic mass is 10.2. The molecule has 10 nitrogen and oxygen atoms in total. The zero-order chi connectivity index (χ0) is 23.4. The predicted molar refractivity (Wildman–Crippen MR) is 123 cm³/mol. The van der Waals surface area contributed by atoms with Gasteiger partial charge in [-0.05, 0) is 30.7 Å². The molecule has 2 aromatic heterocycles. The van der Waals surface area contributed by atoms with Gasteiger partial charge in [-0.3, -0.25) is 18.7 Å². The van der Waals surface area contributed by atoms with E-state index in [2.05, 4.69) is 17.1 Å². The molecule has 11 heteroatoms. The molecular weight excluding hydrogens is 432 g/mol. The van der Waals surface area contributed by atoms with Crippen molar-refractivity contribution < 1.29 is 9.53 Å². The number of hydrogen-bond acceptors (Lipinski definition) is 8. The van der Waals surface area contributed by atoms with E-state index < -0.39 is 17.0 Å². The molecule has 0 aliphatic carbocycles. The van der Waals surface area contributed by atoms with Crippen LogP contribution >= 0.6 is 11.8 Å². The molecule has 0 saturated heterocycles. The molecule has 2 N–H and O–H groups in total. The maximum absolute atomic E-state index is 12.8. The average Bonchev–Trinajstić information content (AvgIpc) is 3.21. The lowest BCUT2D eigenvalue weighted by Gasteiger charge is -2.11. The van der Waals surface area contributed by atoms with Crippen molar-refractivity contribution in [2.45, 2.75) is 31.5 Å². The number of rotatable bonds is 9. The number of carbonyl (C=O) groups is 1. The first kappa shape index (κ1) is 23.3. The Morgan fingerprint density at radius 3 is 2.44 bits per heavy atom. The lowest BCUT2D eigenvalue weighted by Crippen LogP contribution is -2.41. The Kier molecular flexibility index (Phi) is 7.18. The summed E-state index contributed by atoms with van der Waals surface area (Å²) in [5, 5.41) is 9.16. The number of ketones is 1. The fraction of sp³-hybridized carbons (Fsp3) is 0.381. The van der Waals surface area contributed by atoms with Crippen molar-refractivity contribution in [2.75, 3.05) is 18.6 Å². The van der Waals surface area contributed by atoms with Crippen molar-refractivity contribution >= 4 is 23.4 Å². The number of hydrogen-bond donors (Lipinski definition) is 1. The van der Waals surface area contributed by atoms with Crippen LogP contribution in [0, 0.1) is 0 Å². The van der Waals surface area contributed by atoms with E-state index in [9.17, 15) is 14.4 Å². The standard InChI is InChI=1S/C21H26N6O4S/c1-5-6-11-27-18(13-7-9-14(31-4)10-8-13)23-24-20(27)32-12-15(28)16-17(22)25(2)21(30)26(3)19(16)29/h7-10H,5-6,11-12,22H2,1-4H3. The zero-order valence-electron chi connectivity index (χ0n) is 18.5. The summed E-state index contributed by atoms with van der Waals surface area (Å²) in [4.78, 5) is 37.3. The van der Waals surface area contributed by atoms with Gasteiger partial charge in [0.15, 0.2) is 16.8 Å². The van der Waals surface area contributed by atoms with Gasteiger partial charge in [0.2, 0.25) is 0 Å². The Hall–Kier alpha value is -3.34. The number of ether oxygens (including phenoxy) is 1. The Morgan fingerprint density at radius 2 is 1.81 bits per heavy atom. The van der Waals surface area contributed by atoms with Gasteiger partial charge >= 0.3 is 5.69 Å². The van der Waals surface area contributed by atoms with Gasteiger partial charge in [0.25, 0.3) is 5.56 Å². The summed E-state index contributed by atoms with van der Waals surface area (Å²) in [5.74, 6) is 0.748. The Bertz CT molecular complexity index is 1240. The van der Waals surface area contributed by atoms with Gasteiger partial charge in [0, 0.05) is 26.2 Å². The van der Waals surface area contributed by atoms with Gasteiger partial charge in [0.05, 0.1) is 12.9 Å². The summed E-state index contributed by atoms with van der Waals surface area (Å²) in [5.41, 5.74) is 5.29. The summed E-state index contributed by atoms with van der Waals surface area (Å²) >= 11 is 1.18. The van der Waals surface area contributed by atoms with Gasteiger partial charge in [-0.15, -0.1) is 10.2 Å². The van der Waals surface area contributed by atoms with Crippen LogP contribution in [0.1, 0.15) is 30.1 Å². The van der Waals surface area contributed by atoms with Crippen LogP contribution in [-0.2, 0) is 20.6 Å². The number of thioether (sulfide) groups is 1. The highest BCUT2D eigenvalue weighted by Gasteiger charge is 2.22. The van der Waals surface area contributed by atoms with E-state index >= 15 is 0 Å². The summed E-state index contributed by atoms with van der Waals surface area (Å²) in [6, 6.07) is 7.51. The molecule has 0 atom stereocenters. The van der Waals surface area contributed by atoms with Gasteiger partial charge in [-0.25, -0.2) is 4.79 Å². The molecular formula is C21H26N6O4S. The minimum absolute atomic E-state index is 0.0650. The van der Waals surface area contributed by atoms with E-state index in [1.54, 1.807) is 7.11 Å². The highest BCUT2D eigenvalue weighted by Crippen LogP contribution is 2.26. The van der Waals surface area contributed by atoms with Crippen LogP contribution < -0.4 is 21.7 Å². The third-order valence-corrected chi connectivity index (χ3v) is 6.09. The number of nitrogens with zero attached hydrogens (tertiary/aromatic N) is 5. The minimum Gasteiger partial charge on any atom is -0.497 e. The average molecular weight is 459 g/mol. The molecule has 2 heterocycles. The van der Waals surface area contributed by atoms with Crippen LogP contribution in [-0.4, -0.2) is 42.5 Å². The van der Waals surface area contributed by atoms with Gasteiger partial charge in [-0.2, -0.15) is 0 Å². The molecule has 0 radical (unpaired) electrons. The molecule has 0 unspecified atom stereocenters. The minimum atomic E-state index is -0.706. The van der Waals surface area contributed by atoms with Crippen LogP contribution in [0.4, 0.5) is 5.82 Å². The quantitative estimate of drug-likeness (QED) is 0.379. The number of Topliss-reactive ketones (excluding diaryl/α,β-unsaturated/α-hetero) is 1. The van der Waals surface area contributed by atoms with E-state index in [1.807, 2.05) is 28.8 Å². The zero-order valence-corrected chi connectivity index (χ0v) is 19.3. The summed E-state index contributed by atoms with van der Waals surface area (Å²) in [7, 11) is 4.34. The van der Waals surface area contributed by atoms with Crippen molar-refractivity contribution in [3.8, 4) is 17.1 Å². The number of methoxy groups -OCH3 is 1. The molecule has 0 bridgehead atoms. The summed E-state index contributed by atoms with van der Waals surface area (Å²) in [6.07, 6.45) is 1.89. The smallest absolute Gasteiger partial charge is 0.332 e. The molecule has 170 valence electrons. The first-order valence-electron chi connectivity index (χ1n) is 10.1. The fourth-order valence-electron chi connectivity index (χ4n) is 3.19. The van der Waals surface area contributed by atoms with E-state index in [-0.39, 0.29) is 17.1 Å². The molecule has 0 saturated carbocycles. The van der Waals surface area contributed by atoms with E-state index in [1.165, 1.54) is 25.9 Å². The van der Waals surface area contributed by atoms with Crippen LogP contribution in [0.3, 0.4) is 0 Å². The van der Waals surface area contributed by atoms with E-state index in [0.717, 1.165) is 33.3 Å². The van der Waals surface area contributed by atoms with Crippen LogP contribution in [0.5, 0.6) is 5.75 Å². The van der Waals surface area contributed by atoms with Crippen LogP contribution in [0.25, 0.3) is 11.4 Å². The number of carbonyl (C=O) groups excluding carboxylic acids is 1. The van der Waals surface area contributed by atoms with Gasteiger partial charge in [-0.1, -0.05) is 25.1 Å². The maximum atomic E-state index is 12.8. The van der Waals surface area contributed by atoms with Crippen molar-refractivity contribution in [3.05, 3.63) is 50.7 Å². The molecule has 0 aliphatic heterocycles. The predicted octanol–water partition coefficient (Wildman–Crippen LogP) is 1.71. The number of nitrogen functional groups attached to an aromatic ring is 1. The number of nitrogens with two attached hydrogens (primary N) is 1. The first-order valence-corrected chi connectivity index (χ1v) is 11.1. The maximum Gasteiger partial charge on any atom is 0.332 e. The molecule has 1 aromatic carbocycles. The fourth-order valence-corrected chi connectivity index (χ4v) is 4.03. The topological polar surface area (TPSA) is 127 Å². The third kappa shape index (κ3) is 4.47. The molecule has 32 heavy (non-hydrogen) atoms. The first-order chi connectivity index (χ1) is 15.3. The molecule has 3 aromatic rings. The summed E-state index contributed by atoms with van der Waals surface area (Å²) < 4.78 is 9.14. The third-order valence-electron chi connectivity index (χ3n) is 5.12. The largest absolute Gasteiger partial charge is 0.497 e.